The monoisotopic (exact) mass is 369 g/mol. The molecule has 3 rings (SSSR count). The molecule has 1 aromatic carbocycles. The van der Waals surface area contributed by atoms with Crippen LogP contribution in [0.5, 0.6) is 0 Å². The fourth-order valence-electron chi connectivity index (χ4n) is 3.50. The van der Waals surface area contributed by atoms with Gasteiger partial charge in [0.05, 0.1) is 12.6 Å². The van der Waals surface area contributed by atoms with Gasteiger partial charge in [-0.3, -0.25) is 9.59 Å². The predicted molar refractivity (Wildman–Crippen MR) is 103 cm³/mol. The van der Waals surface area contributed by atoms with Crippen molar-refractivity contribution in [1.29, 1.82) is 0 Å². The lowest BCUT2D eigenvalue weighted by Crippen LogP contribution is -2.42. The largest absolute Gasteiger partial charge is 0.383 e. The van der Waals surface area contributed by atoms with Gasteiger partial charge in [-0.1, -0.05) is 29.8 Å². The molecule has 6 heteroatoms. The molecule has 2 aromatic rings. The maximum Gasteiger partial charge on any atom is 0.223 e. The summed E-state index contributed by atoms with van der Waals surface area (Å²) in [5.41, 5.74) is 3.40. The van der Waals surface area contributed by atoms with Gasteiger partial charge in [-0.2, -0.15) is 0 Å². The number of amides is 2. The number of carbonyl (C=O) groups excluding carboxylic acids is 2. The predicted octanol–water partition coefficient (Wildman–Crippen LogP) is 2.27. The zero-order valence-corrected chi connectivity index (χ0v) is 16.0. The van der Waals surface area contributed by atoms with Crippen LogP contribution in [0.4, 0.5) is 0 Å². The molecule has 2 heterocycles. The second-order valence-electron chi connectivity index (χ2n) is 6.87. The molecule has 0 aliphatic carbocycles. The van der Waals surface area contributed by atoms with E-state index in [2.05, 4.69) is 53.3 Å². The number of aromatic nitrogens is 1. The Morgan fingerprint density at radius 1 is 1.15 bits per heavy atom. The topological polar surface area (TPSA) is 63.6 Å². The fraction of sp³-hybridized carbons (Fsp3) is 0.429. The molecule has 0 radical (unpaired) electrons. The van der Waals surface area contributed by atoms with Crippen molar-refractivity contribution in [3.05, 3.63) is 59.4 Å². The molecule has 0 spiro atoms. The highest BCUT2D eigenvalue weighted by Gasteiger charge is 2.31. The summed E-state index contributed by atoms with van der Waals surface area (Å²) in [7, 11) is 1.59. The van der Waals surface area contributed by atoms with Gasteiger partial charge in [0.1, 0.15) is 0 Å². The van der Waals surface area contributed by atoms with Gasteiger partial charge < -0.3 is 19.5 Å². The van der Waals surface area contributed by atoms with Crippen LogP contribution in [0.3, 0.4) is 0 Å². The van der Waals surface area contributed by atoms with Gasteiger partial charge in [0, 0.05) is 51.5 Å². The highest BCUT2D eigenvalue weighted by atomic mass is 16.5. The number of methoxy groups -OCH3 is 1. The van der Waals surface area contributed by atoms with Crippen LogP contribution in [0, 0.1) is 6.92 Å². The molecule has 0 saturated heterocycles. The molecule has 2 amide bonds. The lowest BCUT2D eigenvalue weighted by Gasteiger charge is -2.37. The zero-order chi connectivity index (χ0) is 19.2. The van der Waals surface area contributed by atoms with E-state index in [1.54, 1.807) is 7.11 Å². The number of nitrogens with one attached hydrogen (secondary N) is 1. The van der Waals surface area contributed by atoms with E-state index in [9.17, 15) is 9.59 Å². The van der Waals surface area contributed by atoms with Crippen LogP contribution in [-0.2, 0) is 20.9 Å². The summed E-state index contributed by atoms with van der Waals surface area (Å²) in [6.45, 7) is 4.41. The lowest BCUT2D eigenvalue weighted by atomic mass is 9.98. The van der Waals surface area contributed by atoms with Crippen LogP contribution in [0.15, 0.2) is 42.6 Å². The van der Waals surface area contributed by atoms with Crippen LogP contribution in [0.25, 0.3) is 0 Å². The first-order valence-electron chi connectivity index (χ1n) is 9.37. The SMILES string of the molecule is COCCNC(=O)CCC(=O)N1CCn2cccc2[C@H]1c1ccc(C)cc1. The highest BCUT2D eigenvalue weighted by molar-refractivity contribution is 5.84. The first-order chi connectivity index (χ1) is 13.1. The molecule has 0 bridgehead atoms. The molecule has 0 unspecified atom stereocenters. The van der Waals surface area contributed by atoms with Gasteiger partial charge >= 0.3 is 0 Å². The molecule has 1 aliphatic heterocycles. The normalized spacial score (nSPS) is 16.1. The standard InChI is InChI=1S/C21H27N3O3/c1-16-5-7-17(8-6-16)21-18-4-3-12-23(18)13-14-24(21)20(26)10-9-19(25)22-11-15-27-2/h3-8,12,21H,9-11,13-15H2,1-2H3,(H,22,25)/t21-/m1/s1. The lowest BCUT2D eigenvalue weighted by molar-refractivity contribution is -0.136. The first kappa shape index (κ1) is 19.2. The van der Waals surface area contributed by atoms with E-state index in [1.165, 1.54) is 5.56 Å². The number of benzene rings is 1. The summed E-state index contributed by atoms with van der Waals surface area (Å²) in [6, 6.07) is 12.3. The van der Waals surface area contributed by atoms with Crippen molar-refractivity contribution in [3.8, 4) is 0 Å². The van der Waals surface area contributed by atoms with Crippen molar-refractivity contribution in [3.63, 3.8) is 0 Å². The quantitative estimate of drug-likeness (QED) is 0.762. The molecular formula is C21H27N3O3. The van der Waals surface area contributed by atoms with Gasteiger partial charge in [-0.25, -0.2) is 0 Å². The minimum atomic E-state index is -0.118. The van der Waals surface area contributed by atoms with E-state index < -0.39 is 0 Å². The summed E-state index contributed by atoms with van der Waals surface area (Å²) in [6.07, 6.45) is 2.46. The first-order valence-corrected chi connectivity index (χ1v) is 9.37. The van der Waals surface area contributed by atoms with E-state index in [4.69, 9.17) is 4.74 Å². The number of ether oxygens (including phenoxy) is 1. The van der Waals surface area contributed by atoms with Crippen molar-refractivity contribution in [1.82, 2.24) is 14.8 Å². The Morgan fingerprint density at radius 3 is 2.67 bits per heavy atom. The van der Waals surface area contributed by atoms with Crippen LogP contribution in [-0.4, -0.2) is 48.1 Å². The van der Waals surface area contributed by atoms with Crippen molar-refractivity contribution in [2.45, 2.75) is 32.4 Å². The van der Waals surface area contributed by atoms with E-state index in [0.29, 0.717) is 19.7 Å². The van der Waals surface area contributed by atoms with Crippen molar-refractivity contribution >= 4 is 11.8 Å². The maximum atomic E-state index is 12.9. The van der Waals surface area contributed by atoms with E-state index in [0.717, 1.165) is 17.8 Å². The molecule has 0 saturated carbocycles. The third-order valence-corrected chi connectivity index (χ3v) is 4.95. The number of carbonyl (C=O) groups is 2. The number of hydrogen-bond acceptors (Lipinski definition) is 3. The summed E-state index contributed by atoms with van der Waals surface area (Å²) in [5.74, 6) is -0.109. The molecular weight excluding hydrogens is 342 g/mol. The van der Waals surface area contributed by atoms with Crippen molar-refractivity contribution in [2.75, 3.05) is 26.8 Å². The van der Waals surface area contributed by atoms with Gasteiger partial charge in [0.25, 0.3) is 0 Å². The molecule has 27 heavy (non-hydrogen) atoms. The summed E-state index contributed by atoms with van der Waals surface area (Å²) >= 11 is 0. The molecule has 1 N–H and O–H groups in total. The Hall–Kier alpha value is -2.60. The summed E-state index contributed by atoms with van der Waals surface area (Å²) in [4.78, 5) is 26.7. The molecule has 6 nitrogen and oxygen atoms in total. The van der Waals surface area contributed by atoms with Crippen LogP contribution < -0.4 is 5.32 Å². The molecule has 0 fully saturated rings. The van der Waals surface area contributed by atoms with Crippen LogP contribution >= 0.6 is 0 Å². The Kier molecular flexibility index (Phi) is 6.29. The van der Waals surface area contributed by atoms with E-state index >= 15 is 0 Å². The molecule has 1 aromatic heterocycles. The third-order valence-electron chi connectivity index (χ3n) is 4.95. The number of hydrogen-bond donors (Lipinski definition) is 1. The average molecular weight is 369 g/mol. The highest BCUT2D eigenvalue weighted by Crippen LogP contribution is 2.33. The van der Waals surface area contributed by atoms with Gasteiger partial charge in [0.2, 0.25) is 11.8 Å². The average Bonchev–Trinajstić information content (AvgIpc) is 3.15. The van der Waals surface area contributed by atoms with Gasteiger partial charge in [-0.05, 0) is 24.6 Å². The molecule has 1 atom stereocenters. The number of fused-ring (bicyclic) bond motifs is 1. The van der Waals surface area contributed by atoms with Gasteiger partial charge in [-0.15, -0.1) is 0 Å². The summed E-state index contributed by atoms with van der Waals surface area (Å²) < 4.78 is 7.12. The minimum Gasteiger partial charge on any atom is -0.383 e. The Morgan fingerprint density at radius 2 is 1.93 bits per heavy atom. The van der Waals surface area contributed by atoms with Crippen molar-refractivity contribution < 1.29 is 14.3 Å². The minimum absolute atomic E-state index is 0.00918. The third kappa shape index (κ3) is 4.57. The number of nitrogens with zero attached hydrogens (tertiary/aromatic N) is 2. The number of aryl methyl sites for hydroxylation is 1. The van der Waals surface area contributed by atoms with E-state index in [-0.39, 0.29) is 30.7 Å². The fourth-order valence-corrected chi connectivity index (χ4v) is 3.50. The Bertz CT molecular complexity index is 782. The molecule has 1 aliphatic rings. The maximum absolute atomic E-state index is 12.9. The van der Waals surface area contributed by atoms with E-state index in [1.807, 2.05) is 11.0 Å². The summed E-state index contributed by atoms with van der Waals surface area (Å²) in [5, 5.41) is 2.76. The van der Waals surface area contributed by atoms with Crippen LogP contribution in [0.1, 0.15) is 35.7 Å². The van der Waals surface area contributed by atoms with Crippen LogP contribution in [0.2, 0.25) is 0 Å². The number of rotatable bonds is 7. The Labute approximate surface area is 160 Å². The Balaban J connectivity index is 1.72. The van der Waals surface area contributed by atoms with Crippen molar-refractivity contribution in [2.24, 2.45) is 0 Å². The zero-order valence-electron chi connectivity index (χ0n) is 16.0. The smallest absolute Gasteiger partial charge is 0.223 e. The molecule has 144 valence electrons. The second-order valence-corrected chi connectivity index (χ2v) is 6.87. The van der Waals surface area contributed by atoms with Gasteiger partial charge in [0.15, 0.2) is 0 Å². The second kappa shape index (κ2) is 8.86.